The van der Waals surface area contributed by atoms with Crippen molar-refractivity contribution in [2.45, 2.75) is 44.6 Å². The van der Waals surface area contributed by atoms with Gasteiger partial charge in [-0.15, -0.1) is 11.3 Å². The smallest absolute Gasteiger partial charge is 0.191 e. The van der Waals surface area contributed by atoms with Crippen LogP contribution in [-0.4, -0.2) is 63.8 Å². The monoisotopic (exact) mass is 366 g/mol. The SMILES string of the molecule is CN=C(NCC(C)(C)c1cccs1)NC1CCN(CCCOC)CC1. The maximum atomic E-state index is 5.14. The highest BCUT2D eigenvalue weighted by molar-refractivity contribution is 7.10. The molecule has 0 amide bonds. The zero-order chi connectivity index (χ0) is 18.1. The van der Waals surface area contributed by atoms with Crippen molar-refractivity contribution in [2.75, 3.05) is 46.9 Å². The molecule has 25 heavy (non-hydrogen) atoms. The van der Waals surface area contributed by atoms with Crippen LogP contribution in [0.4, 0.5) is 0 Å². The standard InChI is InChI=1S/C19H34N4OS/c1-19(2,17-7-5-14-25-17)15-21-18(20-3)22-16-8-11-23(12-9-16)10-6-13-24-4/h5,7,14,16H,6,8-13,15H2,1-4H3,(H2,20,21,22). The molecule has 0 aliphatic carbocycles. The van der Waals surface area contributed by atoms with E-state index in [0.717, 1.165) is 45.2 Å². The summed E-state index contributed by atoms with van der Waals surface area (Å²) < 4.78 is 5.14. The Labute approximate surface area is 156 Å². The number of rotatable bonds is 8. The number of hydrogen-bond donors (Lipinski definition) is 2. The van der Waals surface area contributed by atoms with Gasteiger partial charge in [0.25, 0.3) is 0 Å². The molecular formula is C19H34N4OS. The highest BCUT2D eigenvalue weighted by atomic mass is 32.1. The van der Waals surface area contributed by atoms with Gasteiger partial charge in [0, 0.05) is 63.3 Å². The number of aliphatic imine (C=N–C) groups is 1. The van der Waals surface area contributed by atoms with Gasteiger partial charge in [-0.3, -0.25) is 4.99 Å². The van der Waals surface area contributed by atoms with E-state index in [4.69, 9.17) is 4.74 Å². The number of hydrogen-bond acceptors (Lipinski definition) is 4. The molecule has 0 aromatic carbocycles. The molecule has 0 unspecified atom stereocenters. The molecule has 1 aromatic heterocycles. The van der Waals surface area contributed by atoms with E-state index in [1.54, 1.807) is 7.11 Å². The van der Waals surface area contributed by atoms with Crippen molar-refractivity contribution in [2.24, 2.45) is 4.99 Å². The predicted octanol–water partition coefficient (Wildman–Crippen LogP) is 2.69. The molecule has 2 N–H and O–H groups in total. The van der Waals surface area contributed by atoms with E-state index in [-0.39, 0.29) is 5.41 Å². The number of ether oxygens (including phenoxy) is 1. The summed E-state index contributed by atoms with van der Waals surface area (Å²) >= 11 is 1.82. The van der Waals surface area contributed by atoms with Crippen LogP contribution in [0.3, 0.4) is 0 Å². The third-order valence-electron chi connectivity index (χ3n) is 4.86. The number of methoxy groups -OCH3 is 1. The first-order valence-electron chi connectivity index (χ1n) is 9.27. The minimum Gasteiger partial charge on any atom is -0.385 e. The maximum Gasteiger partial charge on any atom is 0.191 e. The lowest BCUT2D eigenvalue weighted by molar-refractivity contribution is 0.155. The first-order valence-corrected chi connectivity index (χ1v) is 10.2. The molecule has 2 rings (SSSR count). The van der Waals surface area contributed by atoms with E-state index in [0.29, 0.717) is 6.04 Å². The Kier molecular flexibility index (Phi) is 8.19. The maximum absolute atomic E-state index is 5.14. The molecule has 0 atom stereocenters. The predicted molar refractivity (Wildman–Crippen MR) is 108 cm³/mol. The lowest BCUT2D eigenvalue weighted by Crippen LogP contribution is -2.50. The summed E-state index contributed by atoms with van der Waals surface area (Å²) in [5.74, 6) is 0.919. The highest BCUT2D eigenvalue weighted by Gasteiger charge is 2.23. The summed E-state index contributed by atoms with van der Waals surface area (Å²) in [5.41, 5.74) is 0.108. The molecule has 0 bridgehead atoms. The molecule has 2 heterocycles. The summed E-state index contributed by atoms with van der Waals surface area (Å²) in [4.78, 5) is 8.35. The number of nitrogens with zero attached hydrogens (tertiary/aromatic N) is 2. The minimum atomic E-state index is 0.108. The van der Waals surface area contributed by atoms with Crippen LogP contribution in [0.15, 0.2) is 22.5 Å². The van der Waals surface area contributed by atoms with Crippen LogP contribution in [0.2, 0.25) is 0 Å². The Hall–Kier alpha value is -1.11. The van der Waals surface area contributed by atoms with Crippen molar-refractivity contribution in [3.63, 3.8) is 0 Å². The molecule has 1 aliphatic heterocycles. The summed E-state index contributed by atoms with van der Waals surface area (Å²) in [6, 6.07) is 4.84. The summed E-state index contributed by atoms with van der Waals surface area (Å²) in [5, 5.41) is 9.26. The second-order valence-corrected chi connectivity index (χ2v) is 8.34. The van der Waals surface area contributed by atoms with E-state index in [1.807, 2.05) is 18.4 Å². The van der Waals surface area contributed by atoms with Crippen LogP contribution < -0.4 is 10.6 Å². The van der Waals surface area contributed by atoms with Gasteiger partial charge in [0.05, 0.1) is 0 Å². The highest BCUT2D eigenvalue weighted by Crippen LogP contribution is 2.26. The molecule has 1 aliphatic rings. The fraction of sp³-hybridized carbons (Fsp3) is 0.737. The Morgan fingerprint density at radius 1 is 1.40 bits per heavy atom. The molecule has 1 saturated heterocycles. The molecule has 142 valence electrons. The second-order valence-electron chi connectivity index (χ2n) is 7.39. The van der Waals surface area contributed by atoms with Crippen molar-refractivity contribution in [1.82, 2.24) is 15.5 Å². The summed E-state index contributed by atoms with van der Waals surface area (Å²) in [6.07, 6.45) is 3.46. The summed E-state index contributed by atoms with van der Waals surface area (Å²) in [6.45, 7) is 9.73. The summed E-state index contributed by atoms with van der Waals surface area (Å²) in [7, 11) is 3.63. The van der Waals surface area contributed by atoms with E-state index in [1.165, 1.54) is 17.7 Å². The molecule has 0 spiro atoms. The number of guanidine groups is 1. The van der Waals surface area contributed by atoms with Crippen LogP contribution in [-0.2, 0) is 10.2 Å². The quantitative estimate of drug-likeness (QED) is 0.422. The van der Waals surface area contributed by atoms with Crippen LogP contribution in [0.25, 0.3) is 0 Å². The molecule has 6 heteroatoms. The Morgan fingerprint density at radius 3 is 2.76 bits per heavy atom. The lowest BCUT2D eigenvalue weighted by Gasteiger charge is -2.33. The third-order valence-corrected chi connectivity index (χ3v) is 6.10. The van der Waals surface area contributed by atoms with Gasteiger partial charge < -0.3 is 20.3 Å². The molecular weight excluding hydrogens is 332 g/mol. The fourth-order valence-corrected chi connectivity index (χ4v) is 4.03. The number of nitrogens with one attached hydrogen (secondary N) is 2. The number of thiophene rings is 1. The number of piperidine rings is 1. The van der Waals surface area contributed by atoms with Crippen molar-refractivity contribution in [3.05, 3.63) is 22.4 Å². The second kappa shape index (κ2) is 10.1. The number of likely N-dealkylation sites (tertiary alicyclic amines) is 1. The van der Waals surface area contributed by atoms with Gasteiger partial charge in [-0.2, -0.15) is 0 Å². The van der Waals surface area contributed by atoms with Crippen molar-refractivity contribution >= 4 is 17.3 Å². The van der Waals surface area contributed by atoms with E-state index in [9.17, 15) is 0 Å². The van der Waals surface area contributed by atoms with E-state index >= 15 is 0 Å². The Bertz CT molecular complexity index is 508. The van der Waals surface area contributed by atoms with Crippen molar-refractivity contribution < 1.29 is 4.74 Å². The zero-order valence-electron chi connectivity index (χ0n) is 16.2. The molecule has 0 radical (unpaired) electrons. The topological polar surface area (TPSA) is 48.9 Å². The van der Waals surface area contributed by atoms with Crippen LogP contribution >= 0.6 is 11.3 Å². The van der Waals surface area contributed by atoms with Gasteiger partial charge in [-0.1, -0.05) is 19.9 Å². The third kappa shape index (κ3) is 6.60. The van der Waals surface area contributed by atoms with Crippen molar-refractivity contribution in [3.8, 4) is 0 Å². The zero-order valence-corrected chi connectivity index (χ0v) is 17.0. The van der Waals surface area contributed by atoms with E-state index < -0.39 is 0 Å². The molecule has 1 fully saturated rings. The van der Waals surface area contributed by atoms with Crippen LogP contribution in [0.1, 0.15) is 38.0 Å². The van der Waals surface area contributed by atoms with Gasteiger partial charge in [0.2, 0.25) is 0 Å². The first-order chi connectivity index (χ1) is 12.0. The Morgan fingerprint density at radius 2 is 2.16 bits per heavy atom. The first kappa shape index (κ1) is 20.2. The van der Waals surface area contributed by atoms with Gasteiger partial charge in [0.15, 0.2) is 5.96 Å². The van der Waals surface area contributed by atoms with Gasteiger partial charge in [-0.25, -0.2) is 0 Å². The fourth-order valence-electron chi connectivity index (χ4n) is 3.18. The minimum absolute atomic E-state index is 0.108. The van der Waals surface area contributed by atoms with E-state index in [2.05, 4.69) is 51.9 Å². The molecule has 5 nitrogen and oxygen atoms in total. The normalized spacial score (nSPS) is 17.7. The van der Waals surface area contributed by atoms with Gasteiger partial charge in [0.1, 0.15) is 0 Å². The van der Waals surface area contributed by atoms with Crippen LogP contribution in [0, 0.1) is 0 Å². The average molecular weight is 367 g/mol. The van der Waals surface area contributed by atoms with Gasteiger partial charge >= 0.3 is 0 Å². The van der Waals surface area contributed by atoms with Crippen molar-refractivity contribution in [1.29, 1.82) is 0 Å². The average Bonchev–Trinajstić information content (AvgIpc) is 3.16. The molecule has 1 aromatic rings. The largest absolute Gasteiger partial charge is 0.385 e. The Balaban J connectivity index is 1.72. The lowest BCUT2D eigenvalue weighted by atomic mass is 9.91. The van der Waals surface area contributed by atoms with Crippen LogP contribution in [0.5, 0.6) is 0 Å². The van der Waals surface area contributed by atoms with Gasteiger partial charge in [-0.05, 0) is 30.7 Å². The molecule has 0 saturated carbocycles.